The Labute approximate surface area is 102 Å². The van der Waals surface area contributed by atoms with Crippen molar-refractivity contribution in [3.05, 3.63) is 29.3 Å². The van der Waals surface area contributed by atoms with Crippen LogP contribution in [-0.4, -0.2) is 20.0 Å². The maximum atomic E-state index is 11.3. The van der Waals surface area contributed by atoms with Gasteiger partial charge >= 0.3 is 0 Å². The van der Waals surface area contributed by atoms with E-state index in [1.54, 1.807) is 12.1 Å². The van der Waals surface area contributed by atoms with Crippen molar-refractivity contribution in [1.29, 1.82) is 0 Å². The van der Waals surface area contributed by atoms with Crippen LogP contribution in [0.2, 0.25) is 19.6 Å². The van der Waals surface area contributed by atoms with E-state index in [0.29, 0.717) is 11.3 Å². The molecule has 0 radical (unpaired) electrons. The number of amides is 1. The molecule has 0 aromatic heterocycles. The zero-order valence-electron chi connectivity index (χ0n) is 10.5. The van der Waals surface area contributed by atoms with Gasteiger partial charge in [0.15, 0.2) is 5.78 Å². The Morgan fingerprint density at radius 2 is 1.82 bits per heavy atom. The summed E-state index contributed by atoms with van der Waals surface area (Å²) in [7, 11) is -1.81. The third-order valence-corrected chi connectivity index (χ3v) is 2.90. The summed E-state index contributed by atoms with van der Waals surface area (Å²) >= 11 is 0. The van der Waals surface area contributed by atoms with E-state index in [1.165, 1.54) is 13.0 Å². The van der Waals surface area contributed by atoms with Gasteiger partial charge < -0.3 is 10.2 Å². The van der Waals surface area contributed by atoms with E-state index < -0.39 is 14.2 Å². The summed E-state index contributed by atoms with van der Waals surface area (Å²) in [6.07, 6.45) is 0. The van der Waals surface area contributed by atoms with Crippen molar-refractivity contribution in [2.24, 2.45) is 5.73 Å². The Bertz CT molecular complexity index is 463. The Kier molecular flexibility index (Phi) is 3.72. The largest absolute Gasteiger partial charge is 0.544 e. The van der Waals surface area contributed by atoms with Gasteiger partial charge in [0.05, 0.1) is 5.56 Å². The van der Waals surface area contributed by atoms with Gasteiger partial charge in [-0.1, -0.05) is 0 Å². The molecule has 17 heavy (non-hydrogen) atoms. The van der Waals surface area contributed by atoms with Crippen LogP contribution in [0.5, 0.6) is 5.75 Å². The molecule has 0 aliphatic heterocycles. The molecule has 1 amide bonds. The van der Waals surface area contributed by atoms with Crippen molar-refractivity contribution in [2.45, 2.75) is 26.6 Å². The highest BCUT2D eigenvalue weighted by Gasteiger charge is 2.20. The number of hydrogen-bond acceptors (Lipinski definition) is 3. The summed E-state index contributed by atoms with van der Waals surface area (Å²) < 4.78 is 5.76. The second-order valence-corrected chi connectivity index (χ2v) is 9.27. The third kappa shape index (κ3) is 3.71. The van der Waals surface area contributed by atoms with E-state index in [2.05, 4.69) is 0 Å². The lowest BCUT2D eigenvalue weighted by Crippen LogP contribution is -2.30. The van der Waals surface area contributed by atoms with Gasteiger partial charge in [-0.05, 0) is 44.8 Å². The standard InChI is InChI=1S/C12H17NO3Si/c1-8(14)9-5-6-11(16-17(2,3)4)10(7-9)12(13)15/h5-7H,1-4H3,(H2,13,15). The molecule has 0 aliphatic rings. The number of carbonyl (C=O) groups excluding carboxylic acids is 2. The topological polar surface area (TPSA) is 69.4 Å². The first-order chi connectivity index (χ1) is 7.70. The maximum absolute atomic E-state index is 11.3. The molecular weight excluding hydrogens is 234 g/mol. The molecule has 2 N–H and O–H groups in total. The molecular formula is C12H17NO3Si. The zero-order chi connectivity index (χ0) is 13.2. The highest BCUT2D eigenvalue weighted by molar-refractivity contribution is 6.70. The van der Waals surface area contributed by atoms with Crippen LogP contribution in [0.1, 0.15) is 27.6 Å². The molecule has 1 aromatic carbocycles. The van der Waals surface area contributed by atoms with Crippen LogP contribution in [-0.2, 0) is 0 Å². The van der Waals surface area contributed by atoms with Crippen LogP contribution < -0.4 is 10.2 Å². The van der Waals surface area contributed by atoms with Crippen molar-refractivity contribution in [2.75, 3.05) is 0 Å². The van der Waals surface area contributed by atoms with E-state index in [9.17, 15) is 9.59 Å². The number of carbonyl (C=O) groups is 2. The quantitative estimate of drug-likeness (QED) is 0.659. The highest BCUT2D eigenvalue weighted by atomic mass is 28.4. The lowest BCUT2D eigenvalue weighted by Gasteiger charge is -2.21. The van der Waals surface area contributed by atoms with Gasteiger partial charge in [-0.25, -0.2) is 0 Å². The molecule has 1 rings (SSSR count). The normalized spacial score (nSPS) is 11.1. The van der Waals surface area contributed by atoms with E-state index in [1.807, 2.05) is 19.6 Å². The first-order valence-electron chi connectivity index (χ1n) is 5.34. The summed E-state index contributed by atoms with van der Waals surface area (Å²) in [5.41, 5.74) is 6.01. The van der Waals surface area contributed by atoms with Crippen LogP contribution in [0.3, 0.4) is 0 Å². The molecule has 0 bridgehead atoms. The number of hydrogen-bond donors (Lipinski definition) is 1. The van der Waals surface area contributed by atoms with Gasteiger partial charge in [-0.15, -0.1) is 0 Å². The zero-order valence-corrected chi connectivity index (χ0v) is 11.5. The summed E-state index contributed by atoms with van der Waals surface area (Å²) in [5.74, 6) is -0.227. The molecule has 0 saturated carbocycles. The van der Waals surface area contributed by atoms with Gasteiger partial charge in [-0.3, -0.25) is 9.59 Å². The molecule has 0 heterocycles. The number of primary amides is 1. The Morgan fingerprint density at radius 3 is 2.24 bits per heavy atom. The summed E-state index contributed by atoms with van der Waals surface area (Å²) in [5, 5.41) is 0. The van der Waals surface area contributed by atoms with E-state index >= 15 is 0 Å². The Hall–Kier alpha value is -1.62. The number of nitrogens with two attached hydrogens (primary N) is 1. The summed E-state index contributed by atoms with van der Waals surface area (Å²) in [6.45, 7) is 7.48. The van der Waals surface area contributed by atoms with Crippen molar-refractivity contribution >= 4 is 20.0 Å². The molecule has 0 atom stereocenters. The molecule has 0 aliphatic carbocycles. The molecule has 1 aromatic rings. The second-order valence-electron chi connectivity index (χ2n) is 4.85. The Morgan fingerprint density at radius 1 is 1.24 bits per heavy atom. The molecule has 0 spiro atoms. The third-order valence-electron chi connectivity index (χ3n) is 2.07. The monoisotopic (exact) mass is 251 g/mol. The van der Waals surface area contributed by atoms with Crippen molar-refractivity contribution in [1.82, 2.24) is 0 Å². The first kappa shape index (κ1) is 13.4. The predicted molar refractivity (Wildman–Crippen MR) is 68.9 cm³/mol. The van der Waals surface area contributed by atoms with Gasteiger partial charge in [-0.2, -0.15) is 0 Å². The minimum Gasteiger partial charge on any atom is -0.544 e. The summed E-state index contributed by atoms with van der Waals surface area (Å²) in [4.78, 5) is 22.6. The van der Waals surface area contributed by atoms with Crippen LogP contribution >= 0.6 is 0 Å². The molecule has 4 nitrogen and oxygen atoms in total. The fraction of sp³-hybridized carbons (Fsp3) is 0.333. The number of benzene rings is 1. The van der Waals surface area contributed by atoms with Crippen molar-refractivity contribution < 1.29 is 14.0 Å². The number of rotatable bonds is 4. The van der Waals surface area contributed by atoms with Crippen LogP contribution in [0.4, 0.5) is 0 Å². The Balaban J connectivity index is 3.23. The average Bonchev–Trinajstić information content (AvgIpc) is 2.14. The fourth-order valence-corrected chi connectivity index (χ4v) is 2.20. The first-order valence-corrected chi connectivity index (χ1v) is 8.75. The van der Waals surface area contributed by atoms with E-state index in [0.717, 1.165) is 0 Å². The molecule has 92 valence electrons. The maximum Gasteiger partial charge on any atom is 0.252 e. The van der Waals surface area contributed by atoms with Crippen molar-refractivity contribution in [3.8, 4) is 5.75 Å². The number of ketones is 1. The molecule has 5 heteroatoms. The van der Waals surface area contributed by atoms with Gasteiger partial charge in [0, 0.05) is 5.56 Å². The molecule has 0 saturated heterocycles. The van der Waals surface area contributed by atoms with Gasteiger partial charge in [0.1, 0.15) is 5.75 Å². The summed E-state index contributed by atoms with van der Waals surface area (Å²) in [6, 6.07) is 4.76. The SMILES string of the molecule is CC(=O)c1ccc(O[Si](C)(C)C)c(C(N)=O)c1. The van der Waals surface area contributed by atoms with Gasteiger partial charge in [0.2, 0.25) is 8.32 Å². The average molecular weight is 251 g/mol. The van der Waals surface area contributed by atoms with E-state index in [-0.39, 0.29) is 11.3 Å². The van der Waals surface area contributed by atoms with Crippen molar-refractivity contribution in [3.63, 3.8) is 0 Å². The van der Waals surface area contributed by atoms with E-state index in [4.69, 9.17) is 10.2 Å². The molecule has 0 unspecified atom stereocenters. The van der Waals surface area contributed by atoms with Crippen LogP contribution in [0.15, 0.2) is 18.2 Å². The van der Waals surface area contributed by atoms with Crippen LogP contribution in [0.25, 0.3) is 0 Å². The fourth-order valence-electron chi connectivity index (χ4n) is 1.36. The minimum absolute atomic E-state index is 0.105. The smallest absolute Gasteiger partial charge is 0.252 e. The molecule has 0 fully saturated rings. The van der Waals surface area contributed by atoms with Crippen LogP contribution in [0, 0.1) is 0 Å². The second kappa shape index (κ2) is 4.71. The lowest BCUT2D eigenvalue weighted by atomic mass is 10.1. The number of Topliss-reactive ketones (excluding diaryl/α,β-unsaturated/α-hetero) is 1. The highest BCUT2D eigenvalue weighted by Crippen LogP contribution is 2.23. The lowest BCUT2D eigenvalue weighted by molar-refractivity contribution is 0.0998. The van der Waals surface area contributed by atoms with Gasteiger partial charge in [0.25, 0.3) is 5.91 Å². The minimum atomic E-state index is -1.81. The predicted octanol–water partition coefficient (Wildman–Crippen LogP) is 2.20.